The van der Waals surface area contributed by atoms with E-state index in [2.05, 4.69) is 4.98 Å². The number of imidazole rings is 1. The molecule has 7 heteroatoms. The quantitative estimate of drug-likeness (QED) is 0.821. The number of benzene rings is 1. The normalized spacial score (nSPS) is 11.9. The van der Waals surface area contributed by atoms with Gasteiger partial charge in [-0.1, -0.05) is 6.07 Å². The van der Waals surface area contributed by atoms with Crippen molar-refractivity contribution in [2.45, 2.75) is 30.6 Å². The van der Waals surface area contributed by atoms with E-state index in [9.17, 15) is 13.2 Å². The summed E-state index contributed by atoms with van der Waals surface area (Å²) >= 11 is 0. The van der Waals surface area contributed by atoms with Crippen LogP contribution in [0, 0.1) is 0 Å². The van der Waals surface area contributed by atoms with Gasteiger partial charge in [-0.2, -0.15) is 0 Å². The molecule has 1 aromatic carbocycles. The molecule has 0 atom stereocenters. The zero-order valence-electron chi connectivity index (χ0n) is 12.0. The largest absolute Gasteiger partial charge is 0.481 e. The fourth-order valence-electron chi connectivity index (χ4n) is 2.32. The molecule has 0 spiro atoms. The molecule has 0 aliphatic carbocycles. The monoisotopic (exact) mass is 310 g/mol. The van der Waals surface area contributed by atoms with Gasteiger partial charge in [0, 0.05) is 26.1 Å². The van der Waals surface area contributed by atoms with Crippen molar-refractivity contribution in [3.63, 3.8) is 0 Å². The highest BCUT2D eigenvalue weighted by Crippen LogP contribution is 2.23. The zero-order chi connectivity index (χ0) is 15.6. The van der Waals surface area contributed by atoms with Crippen molar-refractivity contribution >= 4 is 26.8 Å². The lowest BCUT2D eigenvalue weighted by atomic mass is 10.2. The lowest BCUT2D eigenvalue weighted by Crippen LogP contribution is -1.99. The van der Waals surface area contributed by atoms with Crippen LogP contribution in [-0.2, 0) is 28.1 Å². The summed E-state index contributed by atoms with van der Waals surface area (Å²) in [6, 6.07) is 5.09. The van der Waals surface area contributed by atoms with Crippen LogP contribution in [0.25, 0.3) is 11.0 Å². The second kappa shape index (κ2) is 5.85. The minimum Gasteiger partial charge on any atom is -0.481 e. The molecule has 21 heavy (non-hydrogen) atoms. The first-order chi connectivity index (χ1) is 9.80. The first kappa shape index (κ1) is 15.5. The van der Waals surface area contributed by atoms with Crippen LogP contribution in [0.15, 0.2) is 23.1 Å². The number of carboxylic acid groups (broad SMARTS) is 1. The Morgan fingerprint density at radius 3 is 2.67 bits per heavy atom. The van der Waals surface area contributed by atoms with Crippen LogP contribution in [0.2, 0.25) is 0 Å². The fourth-order valence-corrected chi connectivity index (χ4v) is 3.15. The summed E-state index contributed by atoms with van der Waals surface area (Å²) in [6.07, 6.45) is 3.22. The van der Waals surface area contributed by atoms with E-state index >= 15 is 0 Å². The van der Waals surface area contributed by atoms with Crippen molar-refractivity contribution in [3.8, 4) is 0 Å². The molecule has 0 fully saturated rings. The van der Waals surface area contributed by atoms with Crippen LogP contribution < -0.4 is 0 Å². The Labute approximate surface area is 123 Å². The highest BCUT2D eigenvalue weighted by atomic mass is 32.2. The summed E-state index contributed by atoms with van der Waals surface area (Å²) in [5.74, 6) is -0.0362. The molecule has 0 saturated heterocycles. The van der Waals surface area contributed by atoms with Gasteiger partial charge in [0.05, 0.1) is 10.4 Å². The Morgan fingerprint density at radius 2 is 2.05 bits per heavy atom. The Bertz CT molecular complexity index is 778. The number of fused-ring (bicyclic) bond motifs is 1. The lowest BCUT2D eigenvalue weighted by molar-refractivity contribution is -0.137. The summed E-state index contributed by atoms with van der Waals surface area (Å²) in [5.41, 5.74) is 1.25. The van der Waals surface area contributed by atoms with Gasteiger partial charge in [-0.15, -0.1) is 0 Å². The molecule has 114 valence electrons. The van der Waals surface area contributed by atoms with Crippen molar-refractivity contribution in [2.75, 3.05) is 6.26 Å². The predicted molar refractivity (Wildman–Crippen MR) is 79.0 cm³/mol. The van der Waals surface area contributed by atoms with Crippen LogP contribution in [-0.4, -0.2) is 35.3 Å². The molecule has 0 amide bonds. The fraction of sp³-hybridized carbons (Fsp3) is 0.429. The Kier molecular flexibility index (Phi) is 4.32. The maximum atomic E-state index is 11.8. The number of hydrogen-bond acceptors (Lipinski definition) is 4. The SMILES string of the molecule is Cn1c(CCCCC(=O)O)nc2c(S(C)(=O)=O)cccc21. The van der Waals surface area contributed by atoms with Gasteiger partial charge >= 0.3 is 5.97 Å². The zero-order valence-corrected chi connectivity index (χ0v) is 12.9. The molecule has 2 rings (SSSR count). The third-order valence-electron chi connectivity index (χ3n) is 3.41. The number of para-hydroxylation sites is 1. The molecule has 0 aliphatic heterocycles. The average molecular weight is 310 g/mol. The Morgan fingerprint density at radius 1 is 1.33 bits per heavy atom. The second-order valence-corrected chi connectivity index (χ2v) is 7.07. The van der Waals surface area contributed by atoms with Crippen molar-refractivity contribution in [2.24, 2.45) is 7.05 Å². The van der Waals surface area contributed by atoms with E-state index in [1.54, 1.807) is 12.1 Å². The highest BCUT2D eigenvalue weighted by molar-refractivity contribution is 7.91. The lowest BCUT2D eigenvalue weighted by Gasteiger charge is -2.02. The number of sulfone groups is 1. The van der Waals surface area contributed by atoms with Gasteiger partial charge in [0.1, 0.15) is 11.3 Å². The van der Waals surface area contributed by atoms with Crippen LogP contribution in [0.4, 0.5) is 0 Å². The van der Waals surface area contributed by atoms with Crippen LogP contribution in [0.1, 0.15) is 25.1 Å². The standard InChI is InChI=1S/C14H18N2O4S/c1-16-10-6-5-7-11(21(2,19)20)14(10)15-12(16)8-3-4-9-13(17)18/h5-7H,3-4,8-9H2,1-2H3,(H,17,18). The second-order valence-electron chi connectivity index (χ2n) is 5.08. The van der Waals surface area contributed by atoms with E-state index in [0.29, 0.717) is 24.8 Å². The van der Waals surface area contributed by atoms with E-state index in [1.807, 2.05) is 17.7 Å². The molecule has 2 aromatic rings. The molecule has 0 unspecified atom stereocenters. The summed E-state index contributed by atoms with van der Waals surface area (Å²) in [7, 11) is -1.48. The van der Waals surface area contributed by atoms with Gasteiger partial charge in [0.15, 0.2) is 9.84 Å². The highest BCUT2D eigenvalue weighted by Gasteiger charge is 2.17. The minimum atomic E-state index is -3.32. The molecule has 0 bridgehead atoms. The number of aliphatic carboxylic acids is 1. The molecule has 0 aliphatic rings. The van der Waals surface area contributed by atoms with Gasteiger partial charge in [0.25, 0.3) is 0 Å². The maximum Gasteiger partial charge on any atom is 0.303 e. The number of rotatable bonds is 6. The molecular formula is C14H18N2O4S. The van der Waals surface area contributed by atoms with E-state index in [4.69, 9.17) is 5.11 Å². The van der Waals surface area contributed by atoms with Crippen LogP contribution in [0.3, 0.4) is 0 Å². The number of hydrogen-bond donors (Lipinski definition) is 1. The van der Waals surface area contributed by atoms with E-state index in [0.717, 1.165) is 11.3 Å². The van der Waals surface area contributed by atoms with Gasteiger partial charge in [-0.25, -0.2) is 13.4 Å². The van der Waals surface area contributed by atoms with Crippen molar-refractivity contribution in [1.82, 2.24) is 9.55 Å². The number of carbonyl (C=O) groups is 1. The number of unbranched alkanes of at least 4 members (excludes halogenated alkanes) is 1. The van der Waals surface area contributed by atoms with Gasteiger partial charge in [-0.3, -0.25) is 4.79 Å². The summed E-state index contributed by atoms with van der Waals surface area (Å²) < 4.78 is 25.4. The minimum absolute atomic E-state index is 0.137. The molecule has 6 nitrogen and oxygen atoms in total. The van der Waals surface area contributed by atoms with Gasteiger partial charge < -0.3 is 9.67 Å². The molecule has 1 aromatic heterocycles. The van der Waals surface area contributed by atoms with Crippen molar-refractivity contribution in [1.29, 1.82) is 0 Å². The summed E-state index contributed by atoms with van der Waals surface area (Å²) in [5, 5.41) is 8.62. The molecule has 1 heterocycles. The average Bonchev–Trinajstić information content (AvgIpc) is 2.70. The maximum absolute atomic E-state index is 11.8. The predicted octanol–water partition coefficient (Wildman–Crippen LogP) is 1.77. The number of aryl methyl sites for hydroxylation is 2. The summed E-state index contributed by atoms with van der Waals surface area (Å²) in [4.78, 5) is 15.1. The molecule has 1 N–H and O–H groups in total. The first-order valence-electron chi connectivity index (χ1n) is 6.67. The van der Waals surface area contributed by atoms with Gasteiger partial charge in [0.2, 0.25) is 0 Å². The van der Waals surface area contributed by atoms with E-state index in [-0.39, 0.29) is 11.3 Å². The first-order valence-corrected chi connectivity index (χ1v) is 8.56. The number of nitrogens with zero attached hydrogens (tertiary/aromatic N) is 2. The van der Waals surface area contributed by atoms with Crippen LogP contribution in [0.5, 0.6) is 0 Å². The molecular weight excluding hydrogens is 292 g/mol. The van der Waals surface area contributed by atoms with E-state index in [1.165, 1.54) is 6.26 Å². The van der Waals surface area contributed by atoms with E-state index < -0.39 is 15.8 Å². The van der Waals surface area contributed by atoms with Crippen molar-refractivity contribution < 1.29 is 18.3 Å². The Hall–Kier alpha value is -1.89. The molecule has 0 saturated carbocycles. The number of aromatic nitrogens is 2. The molecule has 0 radical (unpaired) electrons. The van der Waals surface area contributed by atoms with Gasteiger partial charge in [-0.05, 0) is 25.0 Å². The Balaban J connectivity index is 2.31. The topological polar surface area (TPSA) is 89.3 Å². The number of carboxylic acids is 1. The third-order valence-corrected chi connectivity index (χ3v) is 4.54. The van der Waals surface area contributed by atoms with Crippen LogP contribution >= 0.6 is 0 Å². The van der Waals surface area contributed by atoms with Crippen molar-refractivity contribution in [3.05, 3.63) is 24.0 Å². The summed E-state index contributed by atoms with van der Waals surface area (Å²) in [6.45, 7) is 0. The smallest absolute Gasteiger partial charge is 0.303 e. The third kappa shape index (κ3) is 3.41.